The zero-order chi connectivity index (χ0) is 12.0. The van der Waals surface area contributed by atoms with Crippen LogP contribution in [-0.4, -0.2) is 25.9 Å². The van der Waals surface area contributed by atoms with Crippen molar-refractivity contribution >= 4 is 0 Å². The summed E-state index contributed by atoms with van der Waals surface area (Å²) in [6.45, 7) is 4.63. The first kappa shape index (κ1) is 13.0. The summed E-state index contributed by atoms with van der Waals surface area (Å²) < 4.78 is 10.6. The van der Waals surface area contributed by atoms with Gasteiger partial charge in [0.1, 0.15) is 5.75 Å². The first-order chi connectivity index (χ1) is 7.61. The Hall–Kier alpha value is -1.06. The maximum Gasteiger partial charge on any atom is 0.118 e. The molecule has 0 aliphatic heterocycles. The van der Waals surface area contributed by atoms with Gasteiger partial charge in [0.15, 0.2) is 0 Å². The predicted molar refractivity (Wildman–Crippen MR) is 65.8 cm³/mol. The van der Waals surface area contributed by atoms with Gasteiger partial charge in [0.2, 0.25) is 0 Å². The minimum Gasteiger partial charge on any atom is -0.497 e. The molecule has 0 saturated carbocycles. The molecule has 0 saturated heterocycles. The van der Waals surface area contributed by atoms with E-state index in [4.69, 9.17) is 15.2 Å². The maximum absolute atomic E-state index is 5.97. The molecule has 1 rings (SSSR count). The van der Waals surface area contributed by atoms with Gasteiger partial charge in [0, 0.05) is 6.04 Å². The highest BCUT2D eigenvalue weighted by molar-refractivity contribution is 5.27. The molecule has 2 N–H and O–H groups in total. The van der Waals surface area contributed by atoms with Gasteiger partial charge < -0.3 is 15.2 Å². The summed E-state index contributed by atoms with van der Waals surface area (Å²) in [5.74, 6) is 0.871. The molecule has 1 aromatic rings. The zero-order valence-electron chi connectivity index (χ0n) is 10.3. The molecule has 16 heavy (non-hydrogen) atoms. The molecule has 3 heteroatoms. The summed E-state index contributed by atoms with van der Waals surface area (Å²) in [5.41, 5.74) is 7.18. The summed E-state index contributed by atoms with van der Waals surface area (Å²) in [6.07, 6.45) is 1.07. The third-order valence-electron chi connectivity index (χ3n) is 2.30. The van der Waals surface area contributed by atoms with Gasteiger partial charge in [-0.25, -0.2) is 0 Å². The van der Waals surface area contributed by atoms with Gasteiger partial charge in [-0.15, -0.1) is 0 Å². The van der Waals surface area contributed by atoms with Crippen LogP contribution in [0.2, 0.25) is 0 Å². The van der Waals surface area contributed by atoms with E-state index >= 15 is 0 Å². The monoisotopic (exact) mass is 223 g/mol. The van der Waals surface area contributed by atoms with Crippen molar-refractivity contribution in [1.82, 2.24) is 0 Å². The van der Waals surface area contributed by atoms with Gasteiger partial charge in [-0.3, -0.25) is 0 Å². The topological polar surface area (TPSA) is 44.5 Å². The van der Waals surface area contributed by atoms with E-state index in [1.54, 1.807) is 7.11 Å². The van der Waals surface area contributed by atoms with Crippen LogP contribution in [0.25, 0.3) is 0 Å². The Morgan fingerprint density at radius 3 is 2.31 bits per heavy atom. The summed E-state index contributed by atoms with van der Waals surface area (Å²) in [4.78, 5) is 0. The van der Waals surface area contributed by atoms with Crippen molar-refractivity contribution in [3.05, 3.63) is 29.8 Å². The van der Waals surface area contributed by atoms with Crippen LogP contribution in [-0.2, 0) is 11.2 Å². The van der Waals surface area contributed by atoms with Crippen LogP contribution in [0.4, 0.5) is 0 Å². The van der Waals surface area contributed by atoms with E-state index in [9.17, 15) is 0 Å². The first-order valence-electron chi connectivity index (χ1n) is 5.62. The van der Waals surface area contributed by atoms with Crippen LogP contribution < -0.4 is 10.5 Å². The van der Waals surface area contributed by atoms with Crippen molar-refractivity contribution in [3.63, 3.8) is 0 Å². The van der Waals surface area contributed by atoms with Crippen molar-refractivity contribution in [2.24, 2.45) is 5.73 Å². The van der Waals surface area contributed by atoms with Gasteiger partial charge in [0.05, 0.1) is 19.8 Å². The van der Waals surface area contributed by atoms with Gasteiger partial charge in [-0.1, -0.05) is 12.1 Å². The molecule has 0 spiro atoms. The molecule has 1 atom stereocenters. The highest BCUT2D eigenvalue weighted by Crippen LogP contribution is 2.12. The number of ether oxygens (including phenoxy) is 2. The number of hydrogen-bond donors (Lipinski definition) is 1. The molecule has 0 aliphatic carbocycles. The summed E-state index contributed by atoms with van der Waals surface area (Å²) >= 11 is 0. The Labute approximate surface area is 97.6 Å². The van der Waals surface area contributed by atoms with E-state index in [1.165, 1.54) is 5.56 Å². The zero-order valence-corrected chi connectivity index (χ0v) is 10.3. The Morgan fingerprint density at radius 1 is 1.19 bits per heavy atom. The van der Waals surface area contributed by atoms with Crippen LogP contribution in [0.5, 0.6) is 5.75 Å². The lowest BCUT2D eigenvalue weighted by Gasteiger charge is -2.14. The molecular formula is C13H21NO2. The molecule has 1 aromatic carbocycles. The van der Waals surface area contributed by atoms with E-state index in [0.29, 0.717) is 6.61 Å². The number of methoxy groups -OCH3 is 1. The minimum absolute atomic E-state index is 0.0517. The van der Waals surface area contributed by atoms with Crippen LogP contribution in [0.1, 0.15) is 19.4 Å². The standard InChI is InChI=1S/C13H21NO2/c1-10(2)16-9-12(14)8-11-4-6-13(15-3)7-5-11/h4-7,10,12H,8-9,14H2,1-3H3. The van der Waals surface area contributed by atoms with Crippen LogP contribution in [0.15, 0.2) is 24.3 Å². The van der Waals surface area contributed by atoms with Gasteiger partial charge in [0.25, 0.3) is 0 Å². The molecular weight excluding hydrogens is 202 g/mol. The molecule has 0 fully saturated rings. The molecule has 0 amide bonds. The molecule has 0 aromatic heterocycles. The molecule has 0 heterocycles. The SMILES string of the molecule is COc1ccc(CC(N)COC(C)C)cc1. The van der Waals surface area contributed by atoms with Crippen LogP contribution in [0.3, 0.4) is 0 Å². The number of nitrogens with two attached hydrogens (primary N) is 1. The molecule has 1 unspecified atom stereocenters. The predicted octanol–water partition coefficient (Wildman–Crippen LogP) is 1.99. The van der Waals surface area contributed by atoms with Crippen LogP contribution in [0, 0.1) is 0 Å². The summed E-state index contributed by atoms with van der Waals surface area (Å²) in [5, 5.41) is 0. The van der Waals surface area contributed by atoms with Crippen molar-refractivity contribution in [3.8, 4) is 5.75 Å². The quantitative estimate of drug-likeness (QED) is 0.802. The second kappa shape index (κ2) is 6.51. The van der Waals surface area contributed by atoms with E-state index in [0.717, 1.165) is 12.2 Å². The lowest BCUT2D eigenvalue weighted by Crippen LogP contribution is -2.29. The smallest absolute Gasteiger partial charge is 0.118 e. The normalized spacial score (nSPS) is 12.8. The highest BCUT2D eigenvalue weighted by Gasteiger charge is 2.05. The van der Waals surface area contributed by atoms with Crippen LogP contribution >= 0.6 is 0 Å². The lowest BCUT2D eigenvalue weighted by molar-refractivity contribution is 0.0684. The number of hydrogen-bond acceptors (Lipinski definition) is 3. The van der Waals surface area contributed by atoms with Gasteiger partial charge in [-0.2, -0.15) is 0 Å². The van der Waals surface area contributed by atoms with Crippen molar-refractivity contribution < 1.29 is 9.47 Å². The fourth-order valence-corrected chi connectivity index (χ4v) is 1.44. The fraction of sp³-hybridized carbons (Fsp3) is 0.538. The van der Waals surface area contributed by atoms with Gasteiger partial charge >= 0.3 is 0 Å². The van der Waals surface area contributed by atoms with E-state index < -0.39 is 0 Å². The van der Waals surface area contributed by atoms with Crippen molar-refractivity contribution in [2.75, 3.05) is 13.7 Å². The highest BCUT2D eigenvalue weighted by atomic mass is 16.5. The average Bonchev–Trinajstić information content (AvgIpc) is 2.27. The Morgan fingerprint density at radius 2 is 1.81 bits per heavy atom. The van der Waals surface area contributed by atoms with E-state index in [1.807, 2.05) is 38.1 Å². The second-order valence-electron chi connectivity index (χ2n) is 4.19. The average molecular weight is 223 g/mol. The molecule has 90 valence electrons. The van der Waals surface area contributed by atoms with Crippen molar-refractivity contribution in [2.45, 2.75) is 32.4 Å². The Balaban J connectivity index is 2.40. The van der Waals surface area contributed by atoms with E-state index in [2.05, 4.69) is 0 Å². The number of benzene rings is 1. The Kier molecular flexibility index (Phi) is 5.29. The summed E-state index contributed by atoms with van der Waals surface area (Å²) in [7, 11) is 1.66. The molecule has 0 aliphatic rings. The fourth-order valence-electron chi connectivity index (χ4n) is 1.44. The molecule has 3 nitrogen and oxygen atoms in total. The largest absolute Gasteiger partial charge is 0.497 e. The lowest BCUT2D eigenvalue weighted by atomic mass is 10.1. The maximum atomic E-state index is 5.97. The first-order valence-corrected chi connectivity index (χ1v) is 5.62. The Bertz CT molecular complexity index is 295. The number of rotatable bonds is 6. The van der Waals surface area contributed by atoms with Gasteiger partial charge in [-0.05, 0) is 38.0 Å². The summed E-state index contributed by atoms with van der Waals surface area (Å²) in [6, 6.07) is 8.02. The third kappa shape index (κ3) is 4.64. The minimum atomic E-state index is 0.0517. The van der Waals surface area contributed by atoms with Crippen molar-refractivity contribution in [1.29, 1.82) is 0 Å². The molecule has 0 bridgehead atoms. The van der Waals surface area contributed by atoms with E-state index in [-0.39, 0.29) is 12.1 Å². The molecule has 0 radical (unpaired) electrons. The third-order valence-corrected chi connectivity index (χ3v) is 2.30. The second-order valence-corrected chi connectivity index (χ2v) is 4.19.